The fraction of sp³-hybridized carbons (Fsp3) is 0.368. The van der Waals surface area contributed by atoms with Gasteiger partial charge in [-0.15, -0.1) is 16.4 Å². The predicted octanol–water partition coefficient (Wildman–Crippen LogP) is 4.82. The second kappa shape index (κ2) is 7.23. The first-order valence-corrected chi connectivity index (χ1v) is 10.0. The van der Waals surface area contributed by atoms with Crippen molar-refractivity contribution < 1.29 is 0 Å². The lowest BCUT2D eigenvalue weighted by Crippen LogP contribution is -2.34. The van der Waals surface area contributed by atoms with Gasteiger partial charge in [-0.2, -0.15) is 0 Å². The summed E-state index contributed by atoms with van der Waals surface area (Å²) in [5, 5.41) is 6.97. The summed E-state index contributed by atoms with van der Waals surface area (Å²) in [5.74, 6) is 1.75. The van der Waals surface area contributed by atoms with Crippen LogP contribution in [0.4, 0.5) is 0 Å². The van der Waals surface area contributed by atoms with Crippen molar-refractivity contribution in [3.63, 3.8) is 0 Å². The van der Waals surface area contributed by atoms with Crippen LogP contribution >= 0.6 is 23.6 Å². The minimum Gasteiger partial charge on any atom is -0.284 e. The first-order chi connectivity index (χ1) is 12.2. The molecular formula is C19H22N4S2. The number of thiophene rings is 1. The van der Waals surface area contributed by atoms with Crippen LogP contribution in [0.1, 0.15) is 19.8 Å². The average molecular weight is 371 g/mol. The molecule has 1 aliphatic heterocycles. The van der Waals surface area contributed by atoms with Gasteiger partial charge < -0.3 is 0 Å². The lowest BCUT2D eigenvalue weighted by atomic mass is 10.00. The third-order valence-electron chi connectivity index (χ3n) is 4.81. The van der Waals surface area contributed by atoms with Crippen molar-refractivity contribution in [3.8, 4) is 16.4 Å². The average Bonchev–Trinajstić information content (AvgIpc) is 3.26. The van der Waals surface area contributed by atoms with Gasteiger partial charge in [-0.3, -0.25) is 9.47 Å². The molecule has 0 atom stereocenters. The maximum absolute atomic E-state index is 5.80. The molecule has 4 nitrogen and oxygen atoms in total. The van der Waals surface area contributed by atoms with Crippen molar-refractivity contribution in [2.75, 3.05) is 13.1 Å². The molecule has 1 saturated heterocycles. The molecule has 3 aromatic rings. The SMILES string of the molecule is CC1CCN(Cn2nc(-c3cccs3)n(-c3ccccc3)c2=S)CC1. The van der Waals surface area contributed by atoms with Crippen LogP contribution in [0.2, 0.25) is 0 Å². The van der Waals surface area contributed by atoms with E-state index in [2.05, 4.69) is 46.0 Å². The molecule has 3 heterocycles. The van der Waals surface area contributed by atoms with Gasteiger partial charge in [0.1, 0.15) is 0 Å². The number of piperidine rings is 1. The molecule has 0 unspecified atom stereocenters. The van der Waals surface area contributed by atoms with E-state index in [1.54, 1.807) is 11.3 Å². The van der Waals surface area contributed by atoms with Gasteiger partial charge >= 0.3 is 0 Å². The van der Waals surface area contributed by atoms with Crippen molar-refractivity contribution >= 4 is 23.6 Å². The normalized spacial score (nSPS) is 16.4. The van der Waals surface area contributed by atoms with Gasteiger partial charge in [0.2, 0.25) is 4.77 Å². The van der Waals surface area contributed by atoms with Crippen LogP contribution in [0, 0.1) is 10.7 Å². The molecule has 25 heavy (non-hydrogen) atoms. The fourth-order valence-corrected chi connectivity index (χ4v) is 4.26. The molecule has 6 heteroatoms. The maximum Gasteiger partial charge on any atom is 0.204 e. The molecule has 0 bridgehead atoms. The lowest BCUT2D eigenvalue weighted by Gasteiger charge is -2.29. The van der Waals surface area contributed by atoms with Crippen molar-refractivity contribution in [2.24, 2.45) is 5.92 Å². The molecule has 0 saturated carbocycles. The van der Waals surface area contributed by atoms with E-state index in [4.69, 9.17) is 17.3 Å². The summed E-state index contributed by atoms with van der Waals surface area (Å²) in [6, 6.07) is 14.4. The zero-order valence-corrected chi connectivity index (χ0v) is 16.0. The predicted molar refractivity (Wildman–Crippen MR) is 106 cm³/mol. The summed E-state index contributed by atoms with van der Waals surface area (Å²) >= 11 is 7.50. The van der Waals surface area contributed by atoms with Crippen molar-refractivity contribution in [1.82, 2.24) is 19.2 Å². The van der Waals surface area contributed by atoms with Gasteiger partial charge in [-0.1, -0.05) is 31.2 Å². The third-order valence-corrected chi connectivity index (χ3v) is 6.06. The van der Waals surface area contributed by atoms with Crippen molar-refractivity contribution in [3.05, 3.63) is 52.6 Å². The number of likely N-dealkylation sites (tertiary alicyclic amines) is 1. The highest BCUT2D eigenvalue weighted by atomic mass is 32.1. The summed E-state index contributed by atoms with van der Waals surface area (Å²) in [6.07, 6.45) is 2.51. The monoisotopic (exact) mass is 370 g/mol. The fourth-order valence-electron chi connectivity index (χ4n) is 3.27. The zero-order valence-electron chi connectivity index (χ0n) is 14.3. The summed E-state index contributed by atoms with van der Waals surface area (Å²) in [6.45, 7) is 5.34. The molecular weight excluding hydrogens is 348 g/mol. The largest absolute Gasteiger partial charge is 0.284 e. The molecule has 0 spiro atoms. The Hall–Kier alpha value is -1.76. The Kier molecular flexibility index (Phi) is 4.83. The van der Waals surface area contributed by atoms with E-state index in [1.807, 2.05) is 22.9 Å². The zero-order chi connectivity index (χ0) is 17.2. The number of aromatic nitrogens is 3. The summed E-state index contributed by atoms with van der Waals surface area (Å²) in [7, 11) is 0. The molecule has 1 aliphatic rings. The topological polar surface area (TPSA) is 26.0 Å². The first kappa shape index (κ1) is 16.7. The molecule has 1 fully saturated rings. The molecule has 0 amide bonds. The van der Waals surface area contributed by atoms with Crippen LogP contribution in [-0.4, -0.2) is 32.3 Å². The van der Waals surface area contributed by atoms with E-state index < -0.39 is 0 Å². The van der Waals surface area contributed by atoms with Gasteiger partial charge in [0.15, 0.2) is 5.82 Å². The van der Waals surface area contributed by atoms with E-state index in [1.165, 1.54) is 12.8 Å². The Morgan fingerprint density at radius 3 is 2.56 bits per heavy atom. The molecule has 1 aromatic carbocycles. The van der Waals surface area contributed by atoms with E-state index in [-0.39, 0.29) is 0 Å². The summed E-state index contributed by atoms with van der Waals surface area (Å²) in [5.41, 5.74) is 1.06. The van der Waals surface area contributed by atoms with Gasteiger partial charge in [0.05, 0.1) is 11.5 Å². The Balaban J connectivity index is 1.73. The Morgan fingerprint density at radius 1 is 1.12 bits per heavy atom. The number of para-hydroxylation sites is 1. The third kappa shape index (κ3) is 3.47. The number of benzene rings is 1. The smallest absolute Gasteiger partial charge is 0.204 e. The molecule has 130 valence electrons. The minimum atomic E-state index is 0.758. The van der Waals surface area contributed by atoms with E-state index in [0.717, 1.165) is 46.8 Å². The van der Waals surface area contributed by atoms with Crippen LogP contribution < -0.4 is 0 Å². The highest BCUT2D eigenvalue weighted by molar-refractivity contribution is 7.71. The summed E-state index contributed by atoms with van der Waals surface area (Å²) < 4.78 is 4.83. The highest BCUT2D eigenvalue weighted by Gasteiger charge is 2.19. The van der Waals surface area contributed by atoms with Crippen LogP contribution in [0.5, 0.6) is 0 Å². The van der Waals surface area contributed by atoms with Crippen LogP contribution in [0.15, 0.2) is 47.8 Å². The van der Waals surface area contributed by atoms with E-state index in [9.17, 15) is 0 Å². The van der Waals surface area contributed by atoms with Gasteiger partial charge in [-0.05, 0) is 54.6 Å². The van der Waals surface area contributed by atoms with Crippen molar-refractivity contribution in [2.45, 2.75) is 26.4 Å². The van der Waals surface area contributed by atoms with Crippen molar-refractivity contribution in [1.29, 1.82) is 0 Å². The van der Waals surface area contributed by atoms with Crippen LogP contribution in [0.25, 0.3) is 16.4 Å². The number of nitrogens with zero attached hydrogens (tertiary/aromatic N) is 4. The highest BCUT2D eigenvalue weighted by Crippen LogP contribution is 2.27. The van der Waals surface area contributed by atoms with Crippen LogP contribution in [0.3, 0.4) is 0 Å². The molecule has 0 N–H and O–H groups in total. The van der Waals surface area contributed by atoms with Gasteiger partial charge in [0, 0.05) is 18.8 Å². The van der Waals surface area contributed by atoms with Gasteiger partial charge in [-0.25, -0.2) is 4.68 Å². The Labute approximate surface area is 157 Å². The maximum atomic E-state index is 5.80. The lowest BCUT2D eigenvalue weighted by molar-refractivity contribution is 0.146. The molecule has 0 radical (unpaired) electrons. The van der Waals surface area contributed by atoms with Crippen LogP contribution in [-0.2, 0) is 6.67 Å². The Bertz CT molecular complexity index is 872. The molecule has 2 aromatic heterocycles. The second-order valence-corrected chi connectivity index (χ2v) is 8.01. The number of hydrogen-bond acceptors (Lipinski definition) is 4. The molecule has 0 aliphatic carbocycles. The minimum absolute atomic E-state index is 0.758. The van der Waals surface area contributed by atoms with E-state index in [0.29, 0.717) is 0 Å². The number of rotatable bonds is 4. The number of hydrogen-bond donors (Lipinski definition) is 0. The quantitative estimate of drug-likeness (QED) is 0.616. The van der Waals surface area contributed by atoms with E-state index >= 15 is 0 Å². The summed E-state index contributed by atoms with van der Waals surface area (Å²) in [4.78, 5) is 3.59. The Morgan fingerprint density at radius 2 is 1.88 bits per heavy atom. The molecule has 4 rings (SSSR count). The second-order valence-electron chi connectivity index (χ2n) is 6.70. The standard InChI is InChI=1S/C19H22N4S2/c1-15-9-11-21(12-10-15)14-22-19(24)23(16-6-3-2-4-7-16)18(20-22)17-8-5-13-25-17/h2-8,13,15H,9-12,14H2,1H3. The first-order valence-electron chi connectivity index (χ1n) is 8.74. The van der Waals surface area contributed by atoms with Gasteiger partial charge in [0.25, 0.3) is 0 Å².